The fourth-order valence-electron chi connectivity index (χ4n) is 3.70. The number of amides is 2. The van der Waals surface area contributed by atoms with E-state index in [0.717, 1.165) is 0 Å². The minimum absolute atomic E-state index is 0.0804. The second-order valence-electron chi connectivity index (χ2n) is 7.52. The van der Waals surface area contributed by atoms with Crippen LogP contribution < -0.4 is 16.0 Å². The predicted octanol–water partition coefficient (Wildman–Crippen LogP) is 4.16. The van der Waals surface area contributed by atoms with Gasteiger partial charge < -0.3 is 21.1 Å². The lowest BCUT2D eigenvalue weighted by molar-refractivity contribution is 0.229. The van der Waals surface area contributed by atoms with Crippen molar-refractivity contribution in [3.05, 3.63) is 59.5 Å². The van der Waals surface area contributed by atoms with Crippen LogP contribution in [-0.4, -0.2) is 54.2 Å². The fourth-order valence-corrected chi connectivity index (χ4v) is 3.98. The lowest BCUT2D eigenvalue weighted by Crippen LogP contribution is -2.29. The summed E-state index contributed by atoms with van der Waals surface area (Å²) >= 11 is 6.48. The molecule has 0 aliphatic carbocycles. The zero-order chi connectivity index (χ0) is 22.8. The zero-order valence-corrected chi connectivity index (χ0v) is 18.2. The summed E-state index contributed by atoms with van der Waals surface area (Å²) < 4.78 is 14.6. The van der Waals surface area contributed by atoms with Crippen LogP contribution in [-0.2, 0) is 0 Å². The maximum atomic E-state index is 14.6. The molecule has 1 aliphatic heterocycles. The maximum Gasteiger partial charge on any atom is 0.324 e. The largest absolute Gasteiger partial charge is 0.507 e. The molecule has 9 heteroatoms. The third-order valence-electron chi connectivity index (χ3n) is 5.36. The van der Waals surface area contributed by atoms with E-state index in [0.29, 0.717) is 65.0 Å². The van der Waals surface area contributed by atoms with Crippen molar-refractivity contribution in [2.24, 2.45) is 5.73 Å². The van der Waals surface area contributed by atoms with Crippen molar-refractivity contribution in [1.82, 2.24) is 9.88 Å². The molecule has 1 fully saturated rings. The van der Waals surface area contributed by atoms with Crippen LogP contribution in [0, 0.1) is 5.82 Å². The summed E-state index contributed by atoms with van der Waals surface area (Å²) in [5, 5.41) is 14.4. The summed E-state index contributed by atoms with van der Waals surface area (Å²) in [6.07, 6.45) is 1.58. The number of benzene rings is 2. The molecule has 1 saturated heterocycles. The van der Waals surface area contributed by atoms with Crippen molar-refractivity contribution in [2.45, 2.75) is 0 Å². The van der Waals surface area contributed by atoms with Gasteiger partial charge in [0.15, 0.2) is 0 Å². The highest BCUT2D eigenvalue weighted by Crippen LogP contribution is 2.41. The van der Waals surface area contributed by atoms with E-state index in [1.165, 1.54) is 12.1 Å². The van der Waals surface area contributed by atoms with Crippen LogP contribution in [0.15, 0.2) is 48.7 Å². The van der Waals surface area contributed by atoms with Crippen LogP contribution in [0.5, 0.6) is 5.75 Å². The van der Waals surface area contributed by atoms with Crippen molar-refractivity contribution in [1.29, 1.82) is 0 Å². The Labute approximate surface area is 190 Å². The highest BCUT2D eigenvalue weighted by molar-refractivity contribution is 6.34. The number of nitrogens with zero attached hydrogens (tertiary/aromatic N) is 3. The molecule has 0 bridgehead atoms. The highest BCUT2D eigenvalue weighted by atomic mass is 35.5. The van der Waals surface area contributed by atoms with Gasteiger partial charge in [-0.25, -0.2) is 14.2 Å². The van der Waals surface area contributed by atoms with Crippen LogP contribution >= 0.6 is 11.6 Å². The number of hydrogen-bond acceptors (Lipinski definition) is 5. The van der Waals surface area contributed by atoms with Crippen LogP contribution in [0.4, 0.5) is 20.7 Å². The number of anilines is 2. The molecule has 2 aromatic carbocycles. The average molecular weight is 456 g/mol. The third-order valence-corrected chi connectivity index (χ3v) is 5.66. The monoisotopic (exact) mass is 455 g/mol. The van der Waals surface area contributed by atoms with E-state index in [1.54, 1.807) is 53.4 Å². The molecular formula is C23H23ClFN5O2. The quantitative estimate of drug-likeness (QED) is 0.519. The number of rotatable bonds is 6. The number of nitrogens with one attached hydrogen (secondary N) is 1. The number of aromatic nitrogens is 1. The van der Waals surface area contributed by atoms with Gasteiger partial charge in [-0.3, -0.25) is 4.90 Å². The Bertz CT molecular complexity index is 1170. The van der Waals surface area contributed by atoms with E-state index in [-0.39, 0.29) is 11.8 Å². The first-order valence-corrected chi connectivity index (χ1v) is 10.5. The van der Waals surface area contributed by atoms with Gasteiger partial charge in [-0.1, -0.05) is 17.7 Å². The Balaban J connectivity index is 1.72. The number of hydrogen-bond donors (Lipinski definition) is 3. The minimum Gasteiger partial charge on any atom is -0.507 e. The number of urea groups is 1. The number of phenols is 1. The van der Waals surface area contributed by atoms with E-state index in [4.69, 9.17) is 17.3 Å². The van der Waals surface area contributed by atoms with Gasteiger partial charge in [-0.15, -0.1) is 0 Å². The minimum atomic E-state index is -0.502. The number of aromatic hydroxyl groups is 1. The van der Waals surface area contributed by atoms with Gasteiger partial charge in [0.2, 0.25) is 0 Å². The molecule has 2 amide bonds. The Hall–Kier alpha value is -3.36. The van der Waals surface area contributed by atoms with Gasteiger partial charge in [-0.2, -0.15) is 0 Å². The second-order valence-corrected chi connectivity index (χ2v) is 7.92. The van der Waals surface area contributed by atoms with Crippen LogP contribution in [0.3, 0.4) is 0 Å². The van der Waals surface area contributed by atoms with Gasteiger partial charge in [0.25, 0.3) is 0 Å². The second kappa shape index (κ2) is 9.02. The third kappa shape index (κ3) is 4.19. The summed E-state index contributed by atoms with van der Waals surface area (Å²) in [4.78, 5) is 19.7. The van der Waals surface area contributed by atoms with E-state index < -0.39 is 5.82 Å². The van der Waals surface area contributed by atoms with E-state index in [1.807, 2.05) is 0 Å². The first-order valence-electron chi connectivity index (χ1n) is 10.1. The Kier molecular flexibility index (Phi) is 6.16. The number of nitrogens with two attached hydrogens (primary N) is 1. The molecule has 0 spiro atoms. The molecule has 4 rings (SSSR count). The van der Waals surface area contributed by atoms with E-state index in [2.05, 4.69) is 10.3 Å². The van der Waals surface area contributed by atoms with Gasteiger partial charge in [-0.05, 0) is 47.5 Å². The Morgan fingerprint density at radius 2 is 1.88 bits per heavy atom. The van der Waals surface area contributed by atoms with E-state index in [9.17, 15) is 14.3 Å². The predicted molar refractivity (Wildman–Crippen MR) is 125 cm³/mol. The van der Waals surface area contributed by atoms with Crippen LogP contribution in [0.2, 0.25) is 5.02 Å². The number of pyridine rings is 1. The molecule has 0 unspecified atom stereocenters. The van der Waals surface area contributed by atoms with Gasteiger partial charge in [0.1, 0.15) is 17.4 Å². The highest BCUT2D eigenvalue weighted by Gasteiger charge is 2.28. The first kappa shape index (κ1) is 21.9. The topological polar surface area (TPSA) is 94.7 Å². The lowest BCUT2D eigenvalue weighted by atomic mass is 9.97. The van der Waals surface area contributed by atoms with Crippen LogP contribution in [0.25, 0.3) is 22.3 Å². The summed E-state index contributed by atoms with van der Waals surface area (Å²) in [5.74, 6) is -0.00777. The molecule has 4 N–H and O–H groups in total. The summed E-state index contributed by atoms with van der Waals surface area (Å²) in [6.45, 7) is 2.12. The van der Waals surface area contributed by atoms with Crippen molar-refractivity contribution in [3.63, 3.8) is 0 Å². The standard InChI is InChI=1S/C23H23ClFN5O2/c1-29-8-9-30(23(29)32)20-3-2-14(10-19(20)24)17-12-16(25)13-18(22(17)31)15-4-6-27-21(11-15)28-7-5-26/h2-4,6,10-13,31H,5,7-9,26H2,1H3,(H,27,28). The zero-order valence-electron chi connectivity index (χ0n) is 17.5. The number of likely N-dealkylation sites (N-methyl/N-ethyl adjacent to an activating group) is 1. The number of carbonyl (C=O) groups is 1. The molecule has 1 aromatic heterocycles. The van der Waals surface area contributed by atoms with Crippen LogP contribution in [0.1, 0.15) is 0 Å². The molecule has 166 valence electrons. The molecule has 1 aliphatic rings. The normalized spacial score (nSPS) is 13.7. The van der Waals surface area contributed by atoms with Crippen molar-refractivity contribution >= 4 is 29.1 Å². The molecule has 0 atom stereocenters. The first-order chi connectivity index (χ1) is 15.4. The summed E-state index contributed by atoms with van der Waals surface area (Å²) in [7, 11) is 1.73. The fraction of sp³-hybridized carbons (Fsp3) is 0.217. The molecular weight excluding hydrogens is 433 g/mol. The Morgan fingerprint density at radius 3 is 2.50 bits per heavy atom. The number of halogens is 2. The number of carbonyl (C=O) groups excluding carboxylic acids is 1. The molecule has 32 heavy (non-hydrogen) atoms. The molecule has 0 radical (unpaired) electrons. The maximum absolute atomic E-state index is 14.6. The average Bonchev–Trinajstić information content (AvgIpc) is 3.12. The van der Waals surface area contributed by atoms with Crippen molar-refractivity contribution < 1.29 is 14.3 Å². The SMILES string of the molecule is CN1CCN(c2ccc(-c3cc(F)cc(-c4ccnc(NCCN)c4)c3O)cc2Cl)C1=O. The molecule has 2 heterocycles. The smallest absolute Gasteiger partial charge is 0.324 e. The summed E-state index contributed by atoms with van der Waals surface area (Å²) in [6, 6.07) is 10.9. The molecule has 3 aromatic rings. The van der Waals surface area contributed by atoms with Crippen molar-refractivity contribution in [3.8, 4) is 28.0 Å². The molecule has 0 saturated carbocycles. The van der Waals surface area contributed by atoms with Gasteiger partial charge in [0.05, 0.1) is 10.7 Å². The lowest BCUT2D eigenvalue weighted by Gasteiger charge is -2.18. The number of phenolic OH excluding ortho intramolecular Hbond substituents is 1. The Morgan fingerprint density at radius 1 is 1.16 bits per heavy atom. The van der Waals surface area contributed by atoms with Gasteiger partial charge >= 0.3 is 6.03 Å². The summed E-state index contributed by atoms with van der Waals surface area (Å²) in [5.41, 5.74) is 7.85. The molecule has 7 nitrogen and oxygen atoms in total. The van der Waals surface area contributed by atoms with Gasteiger partial charge in [0, 0.05) is 50.6 Å². The van der Waals surface area contributed by atoms with Crippen molar-refractivity contribution in [2.75, 3.05) is 43.4 Å². The van der Waals surface area contributed by atoms with E-state index >= 15 is 0 Å².